The Kier molecular flexibility index (Phi) is 2.68. The molecule has 0 aliphatic heterocycles. The van der Waals surface area contributed by atoms with Crippen LogP contribution in [0.25, 0.3) is 11.2 Å². The topological polar surface area (TPSA) is 46.5 Å². The molecule has 0 aliphatic carbocycles. The van der Waals surface area contributed by atoms with Gasteiger partial charge in [0.2, 0.25) is 0 Å². The quantitative estimate of drug-likeness (QED) is 0.717. The van der Waals surface area contributed by atoms with Gasteiger partial charge in [0.15, 0.2) is 10.4 Å². The fourth-order valence-corrected chi connectivity index (χ4v) is 2.25. The van der Waals surface area contributed by atoms with Crippen LogP contribution >= 0.6 is 12.2 Å². The standard InChI is InChI=1S/C13H12N4S/c1-9-4-6-15-12-11(9)16-13(18)17(12)8-10-3-2-5-14-7-10/h2-7H,8H2,1H3,(H,16,18). The molecule has 0 aromatic carbocycles. The third kappa shape index (κ3) is 1.82. The highest BCUT2D eigenvalue weighted by molar-refractivity contribution is 7.71. The maximum absolute atomic E-state index is 5.36. The molecule has 0 spiro atoms. The van der Waals surface area contributed by atoms with Crippen molar-refractivity contribution in [3.05, 3.63) is 52.7 Å². The van der Waals surface area contributed by atoms with Crippen molar-refractivity contribution in [2.24, 2.45) is 0 Å². The van der Waals surface area contributed by atoms with Crippen molar-refractivity contribution >= 4 is 23.4 Å². The highest BCUT2D eigenvalue weighted by Crippen LogP contribution is 2.16. The maximum Gasteiger partial charge on any atom is 0.179 e. The fourth-order valence-electron chi connectivity index (χ4n) is 1.99. The Balaban J connectivity index is 2.15. The predicted molar refractivity (Wildman–Crippen MR) is 73.0 cm³/mol. The molecule has 0 unspecified atom stereocenters. The third-order valence-corrected chi connectivity index (χ3v) is 3.26. The van der Waals surface area contributed by atoms with Gasteiger partial charge in [-0.3, -0.25) is 9.55 Å². The summed E-state index contributed by atoms with van der Waals surface area (Å²) in [5.74, 6) is 0. The van der Waals surface area contributed by atoms with E-state index < -0.39 is 0 Å². The Bertz CT molecular complexity index is 743. The van der Waals surface area contributed by atoms with Gasteiger partial charge in [0.25, 0.3) is 0 Å². The summed E-state index contributed by atoms with van der Waals surface area (Å²) in [5, 5.41) is 0. The van der Waals surface area contributed by atoms with E-state index in [2.05, 4.69) is 15.0 Å². The summed E-state index contributed by atoms with van der Waals surface area (Å²) in [6.07, 6.45) is 5.41. The number of hydrogen-bond donors (Lipinski definition) is 1. The van der Waals surface area contributed by atoms with E-state index in [1.807, 2.05) is 35.9 Å². The zero-order valence-electron chi connectivity index (χ0n) is 9.92. The van der Waals surface area contributed by atoms with Gasteiger partial charge in [-0.1, -0.05) is 6.07 Å². The molecule has 0 fully saturated rings. The normalized spacial score (nSPS) is 10.9. The van der Waals surface area contributed by atoms with E-state index in [0.717, 1.165) is 22.3 Å². The predicted octanol–water partition coefficient (Wildman–Crippen LogP) is 2.85. The first-order valence-electron chi connectivity index (χ1n) is 5.69. The molecular formula is C13H12N4S. The van der Waals surface area contributed by atoms with E-state index in [4.69, 9.17) is 12.2 Å². The summed E-state index contributed by atoms with van der Waals surface area (Å²) in [6, 6.07) is 5.93. The number of rotatable bonds is 2. The molecule has 3 aromatic heterocycles. The number of aromatic amines is 1. The van der Waals surface area contributed by atoms with Crippen molar-refractivity contribution < 1.29 is 0 Å². The summed E-state index contributed by atoms with van der Waals surface area (Å²) < 4.78 is 2.69. The van der Waals surface area contributed by atoms with Gasteiger partial charge >= 0.3 is 0 Å². The molecule has 0 amide bonds. The molecule has 0 aliphatic rings. The van der Waals surface area contributed by atoms with Crippen LogP contribution in [0.1, 0.15) is 11.1 Å². The van der Waals surface area contributed by atoms with E-state index >= 15 is 0 Å². The molecule has 18 heavy (non-hydrogen) atoms. The minimum Gasteiger partial charge on any atom is -0.329 e. The monoisotopic (exact) mass is 256 g/mol. The number of pyridine rings is 2. The highest BCUT2D eigenvalue weighted by atomic mass is 32.1. The van der Waals surface area contributed by atoms with E-state index in [0.29, 0.717) is 11.3 Å². The molecule has 3 aromatic rings. The van der Waals surface area contributed by atoms with E-state index in [1.54, 1.807) is 12.4 Å². The fraction of sp³-hybridized carbons (Fsp3) is 0.154. The molecule has 0 atom stereocenters. The summed E-state index contributed by atoms with van der Waals surface area (Å²) in [4.78, 5) is 11.7. The lowest BCUT2D eigenvalue weighted by atomic mass is 10.2. The Morgan fingerprint density at radius 1 is 1.33 bits per heavy atom. The van der Waals surface area contributed by atoms with Gasteiger partial charge in [-0.15, -0.1) is 0 Å². The Labute approximate surface area is 109 Å². The number of nitrogens with zero attached hydrogens (tertiary/aromatic N) is 3. The third-order valence-electron chi connectivity index (χ3n) is 2.94. The van der Waals surface area contributed by atoms with Crippen LogP contribution in [0.2, 0.25) is 0 Å². The number of imidazole rings is 1. The van der Waals surface area contributed by atoms with E-state index in [1.165, 1.54) is 0 Å². The molecular weight excluding hydrogens is 244 g/mol. The first-order valence-corrected chi connectivity index (χ1v) is 6.09. The first-order chi connectivity index (χ1) is 8.75. The Morgan fingerprint density at radius 2 is 2.22 bits per heavy atom. The Morgan fingerprint density at radius 3 is 3.00 bits per heavy atom. The van der Waals surface area contributed by atoms with Crippen molar-refractivity contribution in [1.82, 2.24) is 19.5 Å². The molecule has 90 valence electrons. The van der Waals surface area contributed by atoms with Gasteiger partial charge in [-0.05, 0) is 42.4 Å². The molecule has 4 nitrogen and oxygen atoms in total. The van der Waals surface area contributed by atoms with Gasteiger partial charge < -0.3 is 4.98 Å². The molecule has 0 radical (unpaired) electrons. The summed E-state index contributed by atoms with van der Waals surface area (Å²) in [6.45, 7) is 2.73. The number of fused-ring (bicyclic) bond motifs is 1. The molecule has 0 saturated carbocycles. The van der Waals surface area contributed by atoms with Crippen LogP contribution in [0.3, 0.4) is 0 Å². The maximum atomic E-state index is 5.36. The van der Waals surface area contributed by atoms with E-state index in [9.17, 15) is 0 Å². The van der Waals surface area contributed by atoms with Crippen molar-refractivity contribution in [3.63, 3.8) is 0 Å². The van der Waals surface area contributed by atoms with Gasteiger partial charge in [0.1, 0.15) is 0 Å². The second kappa shape index (κ2) is 4.34. The lowest BCUT2D eigenvalue weighted by molar-refractivity contribution is 0.797. The van der Waals surface area contributed by atoms with Gasteiger partial charge in [0, 0.05) is 18.6 Å². The van der Waals surface area contributed by atoms with Crippen molar-refractivity contribution in [1.29, 1.82) is 0 Å². The van der Waals surface area contributed by atoms with Crippen LogP contribution in [0.5, 0.6) is 0 Å². The number of aryl methyl sites for hydroxylation is 1. The van der Waals surface area contributed by atoms with Crippen molar-refractivity contribution in [2.75, 3.05) is 0 Å². The highest BCUT2D eigenvalue weighted by Gasteiger charge is 2.07. The summed E-state index contributed by atoms with van der Waals surface area (Å²) in [5.41, 5.74) is 4.16. The van der Waals surface area contributed by atoms with Crippen LogP contribution < -0.4 is 0 Å². The number of aromatic nitrogens is 4. The van der Waals surface area contributed by atoms with Gasteiger partial charge in [-0.2, -0.15) is 0 Å². The number of hydrogen-bond acceptors (Lipinski definition) is 3. The van der Waals surface area contributed by atoms with Crippen molar-refractivity contribution in [3.8, 4) is 0 Å². The summed E-state index contributed by atoms with van der Waals surface area (Å²) >= 11 is 5.36. The second-order valence-corrected chi connectivity index (χ2v) is 4.59. The van der Waals surface area contributed by atoms with Crippen molar-refractivity contribution in [2.45, 2.75) is 13.5 Å². The molecule has 3 rings (SSSR count). The van der Waals surface area contributed by atoms with Crippen LogP contribution in [-0.4, -0.2) is 19.5 Å². The second-order valence-electron chi connectivity index (χ2n) is 4.20. The number of H-pyrrole nitrogens is 1. The average molecular weight is 256 g/mol. The lowest BCUT2D eigenvalue weighted by Gasteiger charge is -2.03. The van der Waals surface area contributed by atoms with Gasteiger partial charge in [-0.25, -0.2) is 4.98 Å². The zero-order valence-corrected chi connectivity index (χ0v) is 10.7. The molecule has 3 heterocycles. The van der Waals surface area contributed by atoms with Crippen LogP contribution in [-0.2, 0) is 6.54 Å². The molecule has 0 saturated heterocycles. The minimum absolute atomic E-state index is 0.684. The Hall–Kier alpha value is -2.01. The van der Waals surface area contributed by atoms with E-state index in [-0.39, 0.29) is 0 Å². The van der Waals surface area contributed by atoms with Gasteiger partial charge in [0.05, 0.1) is 12.1 Å². The number of nitrogens with one attached hydrogen (secondary N) is 1. The first kappa shape index (κ1) is 11.1. The molecule has 5 heteroatoms. The largest absolute Gasteiger partial charge is 0.329 e. The smallest absolute Gasteiger partial charge is 0.179 e. The SMILES string of the molecule is Cc1ccnc2c1[nH]c(=S)n2Cc1cccnc1. The zero-order chi connectivity index (χ0) is 12.5. The van der Waals surface area contributed by atoms with Crippen LogP contribution in [0.15, 0.2) is 36.8 Å². The molecule has 0 bridgehead atoms. The lowest BCUT2D eigenvalue weighted by Crippen LogP contribution is -2.01. The summed E-state index contributed by atoms with van der Waals surface area (Å²) in [7, 11) is 0. The minimum atomic E-state index is 0.684. The van der Waals surface area contributed by atoms with Crippen LogP contribution in [0.4, 0.5) is 0 Å². The van der Waals surface area contributed by atoms with Crippen LogP contribution in [0, 0.1) is 11.7 Å². The average Bonchev–Trinajstić information content (AvgIpc) is 2.70. The molecule has 1 N–H and O–H groups in total.